The van der Waals surface area contributed by atoms with Gasteiger partial charge in [0, 0.05) is 25.3 Å². The number of aliphatic hydroxyl groups is 1. The van der Waals surface area contributed by atoms with Gasteiger partial charge in [0.15, 0.2) is 6.26 Å². The predicted octanol–water partition coefficient (Wildman–Crippen LogP) is 4.97. The van der Waals surface area contributed by atoms with Gasteiger partial charge in [-0.3, -0.25) is 0 Å². The number of ether oxygens (including phenoxy) is 5. The van der Waals surface area contributed by atoms with Crippen LogP contribution < -0.4 is 4.74 Å². The molecule has 2 heterocycles. The number of nitrogens with zero attached hydrogens (tertiary/aromatic N) is 1. The van der Waals surface area contributed by atoms with E-state index < -0.39 is 11.7 Å². The van der Waals surface area contributed by atoms with Crippen molar-refractivity contribution in [1.29, 1.82) is 0 Å². The van der Waals surface area contributed by atoms with Gasteiger partial charge in [0.1, 0.15) is 11.4 Å². The van der Waals surface area contributed by atoms with E-state index in [1.54, 1.807) is 4.90 Å². The number of likely N-dealkylation sites (tertiary alicyclic amines) is 1. The number of piperidine rings is 1. The van der Waals surface area contributed by atoms with E-state index in [2.05, 4.69) is 0 Å². The van der Waals surface area contributed by atoms with Crippen LogP contribution in [-0.4, -0.2) is 60.4 Å². The fraction of sp³-hybridized carbons (Fsp3) is 0.483. The van der Waals surface area contributed by atoms with Crippen molar-refractivity contribution >= 4 is 6.09 Å². The molecular weight excluding hydrogens is 474 g/mol. The zero-order valence-electron chi connectivity index (χ0n) is 21.8. The van der Waals surface area contributed by atoms with Crippen LogP contribution in [0.25, 0.3) is 0 Å². The van der Waals surface area contributed by atoms with E-state index in [1.165, 1.54) is 6.26 Å². The Kier molecular flexibility index (Phi) is 8.82. The Morgan fingerprint density at radius 2 is 1.78 bits per heavy atom. The van der Waals surface area contributed by atoms with Gasteiger partial charge in [0.05, 0.1) is 25.9 Å². The summed E-state index contributed by atoms with van der Waals surface area (Å²) < 4.78 is 28.1. The van der Waals surface area contributed by atoms with Crippen molar-refractivity contribution in [3.63, 3.8) is 0 Å². The van der Waals surface area contributed by atoms with Gasteiger partial charge in [0.2, 0.25) is 6.29 Å². The minimum Gasteiger partial charge on any atom is -0.493 e. The van der Waals surface area contributed by atoms with E-state index >= 15 is 0 Å². The Hall–Kier alpha value is -3.39. The smallest absolute Gasteiger partial charge is 0.410 e. The van der Waals surface area contributed by atoms with Crippen LogP contribution in [-0.2, 0) is 25.4 Å². The standard InChI is InChI=1S/C29H37NO7/c1-29(2,3)37-28(32)30-15-14-24(25(31)19-30)22-10-12-23(13-11-22)33-16-7-17-34-27-20-35-26(36-27)18-21-8-5-4-6-9-21/h4-6,8-13,20,24-26,31H,7,14-19H2,1-3H3. The molecule has 3 unspecified atom stereocenters. The normalized spacial score (nSPS) is 21.5. The van der Waals surface area contributed by atoms with E-state index in [1.807, 2.05) is 75.4 Å². The molecule has 1 amide bonds. The summed E-state index contributed by atoms with van der Waals surface area (Å²) in [6, 6.07) is 17.8. The van der Waals surface area contributed by atoms with E-state index in [-0.39, 0.29) is 24.8 Å². The summed E-state index contributed by atoms with van der Waals surface area (Å²) >= 11 is 0. The summed E-state index contributed by atoms with van der Waals surface area (Å²) in [5, 5.41) is 10.7. The highest BCUT2D eigenvalue weighted by atomic mass is 16.8. The Bertz CT molecular complexity index is 1030. The van der Waals surface area contributed by atoms with Crippen molar-refractivity contribution < 1.29 is 33.6 Å². The predicted molar refractivity (Wildman–Crippen MR) is 138 cm³/mol. The molecule has 2 aliphatic rings. The molecule has 3 atom stereocenters. The third kappa shape index (κ3) is 8.05. The molecule has 1 N–H and O–H groups in total. The molecule has 0 saturated carbocycles. The molecular formula is C29H37NO7. The van der Waals surface area contributed by atoms with Gasteiger partial charge in [-0.15, -0.1) is 0 Å². The number of aliphatic hydroxyl groups excluding tert-OH is 1. The molecule has 0 bridgehead atoms. The van der Waals surface area contributed by atoms with Crippen LogP contribution in [0.1, 0.15) is 50.7 Å². The highest BCUT2D eigenvalue weighted by molar-refractivity contribution is 5.68. The molecule has 0 aliphatic carbocycles. The maximum atomic E-state index is 12.3. The summed E-state index contributed by atoms with van der Waals surface area (Å²) in [4.78, 5) is 13.9. The first-order chi connectivity index (χ1) is 17.8. The van der Waals surface area contributed by atoms with Crippen LogP contribution in [0.4, 0.5) is 4.79 Å². The molecule has 0 radical (unpaired) electrons. The second kappa shape index (κ2) is 12.2. The highest BCUT2D eigenvalue weighted by Gasteiger charge is 2.33. The lowest BCUT2D eigenvalue weighted by molar-refractivity contribution is -0.0703. The molecule has 0 aromatic heterocycles. The first-order valence-corrected chi connectivity index (χ1v) is 12.8. The second-order valence-corrected chi connectivity index (χ2v) is 10.3. The van der Waals surface area contributed by atoms with Gasteiger partial charge in [-0.25, -0.2) is 4.79 Å². The van der Waals surface area contributed by atoms with Crippen LogP contribution in [0.3, 0.4) is 0 Å². The zero-order valence-corrected chi connectivity index (χ0v) is 21.8. The molecule has 8 heteroatoms. The van der Waals surface area contributed by atoms with Crippen molar-refractivity contribution in [1.82, 2.24) is 4.90 Å². The average Bonchev–Trinajstić information content (AvgIpc) is 3.31. The summed E-state index contributed by atoms with van der Waals surface area (Å²) in [6.07, 6.45) is 2.14. The summed E-state index contributed by atoms with van der Waals surface area (Å²) in [5.74, 6) is 1.11. The Labute approximate surface area is 218 Å². The first-order valence-electron chi connectivity index (χ1n) is 12.8. The molecule has 1 fully saturated rings. The quantitative estimate of drug-likeness (QED) is 0.476. The van der Waals surface area contributed by atoms with Crippen LogP contribution >= 0.6 is 0 Å². The van der Waals surface area contributed by atoms with Crippen molar-refractivity contribution in [2.24, 2.45) is 0 Å². The van der Waals surface area contributed by atoms with E-state index in [4.69, 9.17) is 23.7 Å². The molecule has 37 heavy (non-hydrogen) atoms. The third-order valence-corrected chi connectivity index (χ3v) is 6.15. The lowest BCUT2D eigenvalue weighted by Crippen LogP contribution is -2.47. The topological polar surface area (TPSA) is 86.7 Å². The number of rotatable bonds is 9. The van der Waals surface area contributed by atoms with Crippen molar-refractivity contribution in [3.8, 4) is 5.75 Å². The molecule has 4 rings (SSSR count). The third-order valence-electron chi connectivity index (χ3n) is 6.15. The lowest BCUT2D eigenvalue weighted by atomic mass is 9.87. The Morgan fingerprint density at radius 1 is 1.05 bits per heavy atom. The van der Waals surface area contributed by atoms with E-state index in [0.29, 0.717) is 45.0 Å². The summed E-state index contributed by atoms with van der Waals surface area (Å²) in [6.45, 7) is 7.27. The largest absolute Gasteiger partial charge is 0.493 e. The van der Waals surface area contributed by atoms with Crippen molar-refractivity contribution in [2.45, 2.75) is 63.9 Å². The molecule has 2 aromatic carbocycles. The monoisotopic (exact) mass is 511 g/mol. The van der Waals surface area contributed by atoms with Gasteiger partial charge < -0.3 is 33.7 Å². The number of amides is 1. The maximum absolute atomic E-state index is 12.3. The Balaban J connectivity index is 1.13. The fourth-order valence-corrected chi connectivity index (χ4v) is 4.33. The number of benzene rings is 2. The fourth-order valence-electron chi connectivity index (χ4n) is 4.33. The van der Waals surface area contributed by atoms with E-state index in [9.17, 15) is 9.90 Å². The van der Waals surface area contributed by atoms with Gasteiger partial charge >= 0.3 is 12.0 Å². The van der Waals surface area contributed by atoms with Crippen molar-refractivity contribution in [3.05, 3.63) is 77.9 Å². The number of β-amino-alcohol motifs (C(OH)–C–C–N with tert-alkyl or cyclic N) is 1. The lowest BCUT2D eigenvalue weighted by Gasteiger charge is -2.36. The highest BCUT2D eigenvalue weighted by Crippen LogP contribution is 2.30. The second-order valence-electron chi connectivity index (χ2n) is 10.3. The summed E-state index contributed by atoms with van der Waals surface area (Å²) in [5.41, 5.74) is 1.62. The number of hydrogen-bond acceptors (Lipinski definition) is 7. The molecule has 0 spiro atoms. The number of carbonyl (C=O) groups excluding carboxylic acids is 1. The molecule has 200 valence electrons. The van der Waals surface area contributed by atoms with E-state index in [0.717, 1.165) is 16.9 Å². The molecule has 1 saturated heterocycles. The van der Waals surface area contributed by atoms with Gasteiger partial charge in [-0.1, -0.05) is 42.5 Å². The van der Waals surface area contributed by atoms with Crippen LogP contribution in [0.5, 0.6) is 5.75 Å². The van der Waals surface area contributed by atoms with Crippen LogP contribution in [0.15, 0.2) is 66.8 Å². The minimum absolute atomic E-state index is 0.0336. The number of hydrogen-bond donors (Lipinski definition) is 1. The SMILES string of the molecule is CC(C)(C)OC(=O)N1CCC(c2ccc(OCCCOC3=COC(Cc4ccccc4)O3)cc2)C(O)C1. The average molecular weight is 512 g/mol. The van der Waals surface area contributed by atoms with Gasteiger partial charge in [-0.05, 0) is 50.5 Å². The van der Waals surface area contributed by atoms with Gasteiger partial charge in [-0.2, -0.15) is 0 Å². The molecule has 2 aliphatic heterocycles. The van der Waals surface area contributed by atoms with Crippen molar-refractivity contribution in [2.75, 3.05) is 26.3 Å². The molecule has 2 aromatic rings. The zero-order chi connectivity index (χ0) is 26.3. The molecule has 8 nitrogen and oxygen atoms in total. The van der Waals surface area contributed by atoms with Crippen LogP contribution in [0.2, 0.25) is 0 Å². The Morgan fingerprint density at radius 3 is 2.49 bits per heavy atom. The van der Waals surface area contributed by atoms with Gasteiger partial charge in [0.25, 0.3) is 0 Å². The maximum Gasteiger partial charge on any atom is 0.410 e. The van der Waals surface area contributed by atoms with Crippen LogP contribution in [0, 0.1) is 0 Å². The minimum atomic E-state index is -0.645. The summed E-state index contributed by atoms with van der Waals surface area (Å²) in [7, 11) is 0. The first kappa shape index (κ1) is 26.7. The number of carbonyl (C=O) groups is 1.